The number of benzene rings is 1. The largest absolute Gasteiger partial charge is 0.493 e. The lowest BCUT2D eigenvalue weighted by molar-refractivity contribution is 0.143. The first-order chi connectivity index (χ1) is 9.60. The van der Waals surface area contributed by atoms with Gasteiger partial charge in [-0.1, -0.05) is 32.8 Å². The van der Waals surface area contributed by atoms with E-state index in [2.05, 4.69) is 32.5 Å². The van der Waals surface area contributed by atoms with E-state index in [0.717, 1.165) is 42.7 Å². The highest BCUT2D eigenvalue weighted by Crippen LogP contribution is 2.33. The molecule has 1 rings (SSSR count). The van der Waals surface area contributed by atoms with Gasteiger partial charge in [-0.2, -0.15) is 17.9 Å². The molecule has 0 atom stereocenters. The maximum Gasteiger partial charge on any atom is 0.123 e. The minimum absolute atomic E-state index is 0.141. The Kier molecular flexibility index (Phi) is 6.95. The quantitative estimate of drug-likeness (QED) is 0.700. The highest BCUT2D eigenvalue weighted by atomic mass is 32.1. The van der Waals surface area contributed by atoms with Gasteiger partial charge in [0.05, 0.1) is 18.2 Å². The van der Waals surface area contributed by atoms with Crippen molar-refractivity contribution >= 4 is 12.6 Å². The second-order valence-corrected chi connectivity index (χ2v) is 5.86. The lowest BCUT2D eigenvalue weighted by atomic mass is 9.82. The Hall–Kier alpha value is -1.14. The van der Waals surface area contributed by atoms with E-state index in [0.29, 0.717) is 12.2 Å². The van der Waals surface area contributed by atoms with Crippen molar-refractivity contribution in [2.75, 3.05) is 12.4 Å². The zero-order valence-corrected chi connectivity index (χ0v) is 13.7. The molecular weight excluding hydrogens is 266 g/mol. The highest BCUT2D eigenvalue weighted by molar-refractivity contribution is 7.80. The molecule has 20 heavy (non-hydrogen) atoms. The standard InChI is InChI=1S/C17H25NOS/c1-4-8-17(13-20,9-5-2)12-19-16-10-15(11-18)7-6-14(16)3/h6-7,10,20H,4-5,8-9,12-13H2,1-3H3. The molecule has 0 radical (unpaired) electrons. The minimum Gasteiger partial charge on any atom is -0.493 e. The zero-order valence-electron chi connectivity index (χ0n) is 12.8. The van der Waals surface area contributed by atoms with Crippen molar-refractivity contribution in [2.24, 2.45) is 5.41 Å². The molecule has 0 amide bonds. The number of rotatable bonds is 8. The van der Waals surface area contributed by atoms with Crippen molar-refractivity contribution in [3.63, 3.8) is 0 Å². The molecule has 0 fully saturated rings. The van der Waals surface area contributed by atoms with Crippen molar-refractivity contribution in [1.29, 1.82) is 5.26 Å². The Balaban J connectivity index is 2.84. The van der Waals surface area contributed by atoms with Crippen LogP contribution >= 0.6 is 12.6 Å². The monoisotopic (exact) mass is 291 g/mol. The Morgan fingerprint density at radius 2 is 1.90 bits per heavy atom. The third-order valence-electron chi connectivity index (χ3n) is 3.75. The molecule has 0 aliphatic rings. The molecule has 0 bridgehead atoms. The summed E-state index contributed by atoms with van der Waals surface area (Å²) in [7, 11) is 0. The zero-order chi connectivity index (χ0) is 15.0. The average molecular weight is 291 g/mol. The number of hydrogen-bond acceptors (Lipinski definition) is 3. The van der Waals surface area contributed by atoms with Gasteiger partial charge in [0.2, 0.25) is 0 Å². The summed E-state index contributed by atoms with van der Waals surface area (Å²) < 4.78 is 6.04. The van der Waals surface area contributed by atoms with Crippen LogP contribution in [0.3, 0.4) is 0 Å². The third-order valence-corrected chi connectivity index (χ3v) is 4.42. The maximum absolute atomic E-state index is 8.98. The van der Waals surface area contributed by atoms with Gasteiger partial charge in [-0.3, -0.25) is 0 Å². The van der Waals surface area contributed by atoms with E-state index in [1.165, 1.54) is 0 Å². The molecule has 0 aliphatic heterocycles. The van der Waals surface area contributed by atoms with Gasteiger partial charge in [-0.05, 0) is 43.2 Å². The van der Waals surface area contributed by atoms with Crippen LogP contribution in [0.25, 0.3) is 0 Å². The van der Waals surface area contributed by atoms with Crippen LogP contribution in [0.5, 0.6) is 5.75 Å². The topological polar surface area (TPSA) is 33.0 Å². The van der Waals surface area contributed by atoms with Crippen molar-refractivity contribution in [3.05, 3.63) is 29.3 Å². The van der Waals surface area contributed by atoms with Gasteiger partial charge in [0.1, 0.15) is 5.75 Å². The van der Waals surface area contributed by atoms with Gasteiger partial charge >= 0.3 is 0 Å². The van der Waals surface area contributed by atoms with Gasteiger partial charge in [-0.25, -0.2) is 0 Å². The number of ether oxygens (including phenoxy) is 1. The summed E-state index contributed by atoms with van der Waals surface area (Å²) in [6.07, 6.45) is 4.53. The molecule has 0 unspecified atom stereocenters. The Morgan fingerprint density at radius 1 is 1.25 bits per heavy atom. The summed E-state index contributed by atoms with van der Waals surface area (Å²) in [5, 5.41) is 8.98. The fourth-order valence-electron chi connectivity index (χ4n) is 2.59. The van der Waals surface area contributed by atoms with E-state index in [1.54, 1.807) is 0 Å². The number of aryl methyl sites for hydroxylation is 1. The van der Waals surface area contributed by atoms with E-state index in [4.69, 9.17) is 10.00 Å². The van der Waals surface area contributed by atoms with Crippen molar-refractivity contribution in [1.82, 2.24) is 0 Å². The smallest absolute Gasteiger partial charge is 0.123 e. The predicted octanol–water partition coefficient (Wildman–Crippen LogP) is 4.76. The van der Waals surface area contributed by atoms with Crippen LogP contribution in [0.2, 0.25) is 0 Å². The molecule has 1 aromatic carbocycles. The summed E-state index contributed by atoms with van der Waals surface area (Å²) in [6, 6.07) is 7.76. The molecule has 1 aromatic rings. The summed E-state index contributed by atoms with van der Waals surface area (Å²) >= 11 is 4.55. The van der Waals surface area contributed by atoms with Crippen LogP contribution in [0.15, 0.2) is 18.2 Å². The normalized spacial score (nSPS) is 11.2. The summed E-state index contributed by atoms with van der Waals surface area (Å²) in [5.41, 5.74) is 1.86. The number of nitriles is 1. The molecular formula is C17H25NOS. The Morgan fingerprint density at radius 3 is 2.40 bits per heavy atom. The molecule has 0 aliphatic carbocycles. The SMILES string of the molecule is CCCC(CS)(CCC)COc1cc(C#N)ccc1C. The van der Waals surface area contributed by atoms with E-state index in [1.807, 2.05) is 25.1 Å². The van der Waals surface area contributed by atoms with Gasteiger partial charge in [0, 0.05) is 5.41 Å². The van der Waals surface area contributed by atoms with Crippen LogP contribution in [0.4, 0.5) is 0 Å². The van der Waals surface area contributed by atoms with Crippen LogP contribution in [0, 0.1) is 23.7 Å². The lowest BCUT2D eigenvalue weighted by Gasteiger charge is -2.32. The van der Waals surface area contributed by atoms with Crippen LogP contribution in [-0.2, 0) is 0 Å². The van der Waals surface area contributed by atoms with E-state index in [9.17, 15) is 0 Å². The molecule has 0 heterocycles. The van der Waals surface area contributed by atoms with E-state index < -0.39 is 0 Å². The van der Waals surface area contributed by atoms with Crippen LogP contribution in [0.1, 0.15) is 50.7 Å². The fourth-order valence-corrected chi connectivity index (χ4v) is 3.00. The molecule has 0 saturated heterocycles. The third kappa shape index (κ3) is 4.45. The second kappa shape index (κ2) is 8.21. The lowest BCUT2D eigenvalue weighted by Crippen LogP contribution is -2.30. The average Bonchev–Trinajstić information content (AvgIpc) is 2.46. The summed E-state index contributed by atoms with van der Waals surface area (Å²) in [6.45, 7) is 7.09. The number of thiol groups is 1. The van der Waals surface area contributed by atoms with Gasteiger partial charge in [0.25, 0.3) is 0 Å². The predicted molar refractivity (Wildman–Crippen MR) is 87.5 cm³/mol. The first-order valence-corrected chi connectivity index (χ1v) is 7.98. The van der Waals surface area contributed by atoms with Crippen molar-refractivity contribution in [2.45, 2.75) is 46.5 Å². The molecule has 0 N–H and O–H groups in total. The van der Waals surface area contributed by atoms with Crippen LogP contribution in [-0.4, -0.2) is 12.4 Å². The van der Waals surface area contributed by atoms with Crippen LogP contribution < -0.4 is 4.74 Å². The molecule has 3 heteroatoms. The maximum atomic E-state index is 8.98. The van der Waals surface area contributed by atoms with Crippen molar-refractivity contribution in [3.8, 4) is 11.8 Å². The minimum atomic E-state index is 0.141. The summed E-state index contributed by atoms with van der Waals surface area (Å²) in [4.78, 5) is 0. The molecule has 0 aromatic heterocycles. The number of hydrogen-bond donors (Lipinski definition) is 1. The first-order valence-electron chi connectivity index (χ1n) is 7.35. The van der Waals surface area contributed by atoms with Gasteiger partial charge in [-0.15, -0.1) is 0 Å². The molecule has 0 spiro atoms. The molecule has 0 saturated carbocycles. The van der Waals surface area contributed by atoms with Gasteiger partial charge in [0.15, 0.2) is 0 Å². The van der Waals surface area contributed by atoms with E-state index in [-0.39, 0.29) is 5.41 Å². The number of nitrogens with zero attached hydrogens (tertiary/aromatic N) is 1. The summed E-state index contributed by atoms with van der Waals surface area (Å²) in [5.74, 6) is 1.66. The Bertz CT molecular complexity index is 459. The fraction of sp³-hybridized carbons (Fsp3) is 0.588. The highest BCUT2D eigenvalue weighted by Gasteiger charge is 2.28. The molecule has 2 nitrogen and oxygen atoms in total. The second-order valence-electron chi connectivity index (χ2n) is 5.54. The molecule has 110 valence electrons. The first kappa shape index (κ1) is 16.9. The van der Waals surface area contributed by atoms with E-state index >= 15 is 0 Å². The van der Waals surface area contributed by atoms with Gasteiger partial charge < -0.3 is 4.74 Å². The van der Waals surface area contributed by atoms with Crippen molar-refractivity contribution < 1.29 is 4.74 Å². The Labute approximate surface area is 128 Å².